The summed E-state index contributed by atoms with van der Waals surface area (Å²) in [6.45, 7) is 5.11. The second kappa shape index (κ2) is 5.25. The number of likely N-dealkylation sites (N-methyl/N-ethyl adjacent to an activating group) is 1. The number of fused-ring (bicyclic) bond motifs is 2. The van der Waals surface area contributed by atoms with Crippen molar-refractivity contribution in [3.05, 3.63) is 0 Å². The van der Waals surface area contributed by atoms with Gasteiger partial charge >= 0.3 is 0 Å². The van der Waals surface area contributed by atoms with Gasteiger partial charge in [0.25, 0.3) is 0 Å². The second-order valence-electron chi connectivity index (χ2n) is 6.19. The van der Waals surface area contributed by atoms with Gasteiger partial charge in [-0.25, -0.2) is 0 Å². The van der Waals surface area contributed by atoms with Crippen LogP contribution in [0.2, 0.25) is 0 Å². The van der Waals surface area contributed by atoms with E-state index in [1.807, 2.05) is 0 Å². The highest BCUT2D eigenvalue weighted by atomic mass is 15.3. The Kier molecular flexibility index (Phi) is 3.69. The van der Waals surface area contributed by atoms with Crippen LogP contribution in [0.4, 0.5) is 0 Å². The van der Waals surface area contributed by atoms with E-state index in [9.17, 15) is 0 Å². The van der Waals surface area contributed by atoms with Crippen LogP contribution in [-0.4, -0.2) is 61.2 Å². The summed E-state index contributed by atoms with van der Waals surface area (Å²) in [6.07, 6.45) is 8.46. The highest BCUT2D eigenvalue weighted by Gasteiger charge is 2.36. The molecule has 1 N–H and O–H groups in total. The van der Waals surface area contributed by atoms with E-state index < -0.39 is 0 Å². The summed E-state index contributed by atoms with van der Waals surface area (Å²) in [5, 5.41) is 3.62. The molecule has 0 aromatic heterocycles. The first-order valence-corrected chi connectivity index (χ1v) is 7.51. The second-order valence-corrected chi connectivity index (χ2v) is 6.19. The molecule has 0 radical (unpaired) electrons. The molecular weight excluding hydrogens is 210 g/mol. The minimum Gasteiger partial charge on any atom is -0.315 e. The minimum absolute atomic E-state index is 0.810. The van der Waals surface area contributed by atoms with Gasteiger partial charge in [-0.2, -0.15) is 0 Å². The number of likely N-dealkylation sites (tertiary alicyclic amines) is 1. The predicted octanol–water partition coefficient (Wildman–Crippen LogP) is 1.30. The molecule has 3 aliphatic rings. The first-order valence-electron chi connectivity index (χ1n) is 7.51. The van der Waals surface area contributed by atoms with Crippen molar-refractivity contribution < 1.29 is 0 Å². The lowest BCUT2D eigenvalue weighted by Gasteiger charge is -2.32. The quantitative estimate of drug-likeness (QED) is 0.741. The van der Waals surface area contributed by atoms with Gasteiger partial charge < -0.3 is 5.32 Å². The molecule has 3 fully saturated rings. The average Bonchev–Trinajstić information content (AvgIpc) is 2.53. The molecular formula is C14H27N3. The van der Waals surface area contributed by atoms with E-state index >= 15 is 0 Å². The maximum atomic E-state index is 3.62. The summed E-state index contributed by atoms with van der Waals surface area (Å²) in [6, 6.07) is 2.53. The molecule has 0 amide bonds. The van der Waals surface area contributed by atoms with Crippen LogP contribution in [0.15, 0.2) is 0 Å². The topological polar surface area (TPSA) is 18.5 Å². The third-order valence-electron chi connectivity index (χ3n) is 5.22. The zero-order valence-electron chi connectivity index (χ0n) is 11.2. The van der Waals surface area contributed by atoms with Crippen molar-refractivity contribution in [1.82, 2.24) is 15.1 Å². The normalized spacial score (nSPS) is 41.1. The molecule has 3 nitrogen and oxygen atoms in total. The SMILES string of the molecule is CN1C2CCC1CN(C1CCCCNC1)CC2. The fraction of sp³-hybridized carbons (Fsp3) is 1.00. The highest BCUT2D eigenvalue weighted by molar-refractivity contribution is 4.93. The number of hydrogen-bond acceptors (Lipinski definition) is 3. The maximum absolute atomic E-state index is 3.62. The van der Waals surface area contributed by atoms with Gasteiger partial charge in [0, 0.05) is 37.8 Å². The molecule has 3 atom stereocenters. The van der Waals surface area contributed by atoms with Gasteiger partial charge in [0.05, 0.1) is 0 Å². The molecule has 98 valence electrons. The van der Waals surface area contributed by atoms with Gasteiger partial charge in [-0.15, -0.1) is 0 Å². The number of nitrogens with zero attached hydrogens (tertiary/aromatic N) is 2. The van der Waals surface area contributed by atoms with Crippen LogP contribution in [0.25, 0.3) is 0 Å². The third-order valence-corrected chi connectivity index (χ3v) is 5.22. The molecule has 3 rings (SSSR count). The van der Waals surface area contributed by atoms with Crippen molar-refractivity contribution in [2.24, 2.45) is 0 Å². The van der Waals surface area contributed by atoms with Crippen molar-refractivity contribution in [3.8, 4) is 0 Å². The largest absolute Gasteiger partial charge is 0.315 e. The van der Waals surface area contributed by atoms with Crippen LogP contribution >= 0.6 is 0 Å². The predicted molar refractivity (Wildman–Crippen MR) is 71.3 cm³/mol. The average molecular weight is 237 g/mol. The van der Waals surface area contributed by atoms with Crippen molar-refractivity contribution >= 4 is 0 Å². The molecule has 3 unspecified atom stereocenters. The van der Waals surface area contributed by atoms with Crippen molar-refractivity contribution in [2.45, 2.75) is 56.7 Å². The van der Waals surface area contributed by atoms with Crippen LogP contribution in [0.3, 0.4) is 0 Å². The standard InChI is InChI=1S/C14H27N3/c1-16-12-5-6-14(16)11-17(9-7-12)13-4-2-3-8-15-10-13/h12-15H,2-11H2,1H3. The lowest BCUT2D eigenvalue weighted by Crippen LogP contribution is -2.45. The molecule has 17 heavy (non-hydrogen) atoms. The molecule has 3 heteroatoms. The Morgan fingerprint density at radius 2 is 1.82 bits per heavy atom. The summed E-state index contributed by atoms with van der Waals surface area (Å²) in [4.78, 5) is 5.45. The van der Waals surface area contributed by atoms with Crippen molar-refractivity contribution in [2.75, 3.05) is 33.2 Å². The Hall–Kier alpha value is -0.120. The van der Waals surface area contributed by atoms with Gasteiger partial charge in [0.2, 0.25) is 0 Å². The van der Waals surface area contributed by atoms with E-state index in [2.05, 4.69) is 22.2 Å². The molecule has 0 spiro atoms. The van der Waals surface area contributed by atoms with Crippen LogP contribution in [-0.2, 0) is 0 Å². The Morgan fingerprint density at radius 3 is 2.76 bits per heavy atom. The molecule has 0 saturated carbocycles. The van der Waals surface area contributed by atoms with E-state index in [0.717, 1.165) is 18.1 Å². The molecule has 3 saturated heterocycles. The van der Waals surface area contributed by atoms with Crippen molar-refractivity contribution in [1.29, 1.82) is 0 Å². The lowest BCUT2D eigenvalue weighted by atomic mass is 10.0. The first kappa shape index (κ1) is 11.9. The summed E-state index contributed by atoms with van der Waals surface area (Å²) >= 11 is 0. The lowest BCUT2D eigenvalue weighted by molar-refractivity contribution is 0.164. The molecule has 0 aromatic rings. The van der Waals surface area contributed by atoms with E-state index in [1.54, 1.807) is 0 Å². The number of nitrogens with one attached hydrogen (secondary N) is 1. The van der Waals surface area contributed by atoms with E-state index in [4.69, 9.17) is 0 Å². The van der Waals surface area contributed by atoms with E-state index in [-0.39, 0.29) is 0 Å². The third kappa shape index (κ3) is 2.51. The Labute approximate surface area is 106 Å². The molecule has 0 aliphatic carbocycles. The van der Waals surface area contributed by atoms with E-state index in [1.165, 1.54) is 64.7 Å². The Morgan fingerprint density at radius 1 is 0.941 bits per heavy atom. The van der Waals surface area contributed by atoms with Crippen molar-refractivity contribution in [3.63, 3.8) is 0 Å². The molecule has 2 bridgehead atoms. The molecule has 0 aromatic carbocycles. The monoisotopic (exact) mass is 237 g/mol. The molecule has 3 heterocycles. The smallest absolute Gasteiger partial charge is 0.0223 e. The summed E-state index contributed by atoms with van der Waals surface area (Å²) in [5.74, 6) is 0. The van der Waals surface area contributed by atoms with Crippen LogP contribution in [0.5, 0.6) is 0 Å². The fourth-order valence-electron chi connectivity index (χ4n) is 3.98. The van der Waals surface area contributed by atoms with Crippen LogP contribution < -0.4 is 5.32 Å². The van der Waals surface area contributed by atoms with Crippen LogP contribution in [0, 0.1) is 0 Å². The summed E-state index contributed by atoms with van der Waals surface area (Å²) in [7, 11) is 2.34. The van der Waals surface area contributed by atoms with Crippen LogP contribution in [0.1, 0.15) is 38.5 Å². The fourth-order valence-corrected chi connectivity index (χ4v) is 3.98. The van der Waals surface area contributed by atoms with Gasteiger partial charge in [-0.05, 0) is 45.7 Å². The van der Waals surface area contributed by atoms with Gasteiger partial charge in [0.15, 0.2) is 0 Å². The minimum atomic E-state index is 0.810. The molecule has 3 aliphatic heterocycles. The Bertz CT molecular complexity index is 248. The zero-order valence-corrected chi connectivity index (χ0v) is 11.2. The van der Waals surface area contributed by atoms with Gasteiger partial charge in [0.1, 0.15) is 0 Å². The Balaban J connectivity index is 1.63. The number of rotatable bonds is 1. The maximum Gasteiger partial charge on any atom is 0.0223 e. The summed E-state index contributed by atoms with van der Waals surface area (Å²) < 4.78 is 0. The first-order chi connectivity index (χ1) is 8.34. The van der Waals surface area contributed by atoms with E-state index in [0.29, 0.717) is 0 Å². The zero-order chi connectivity index (χ0) is 11.7. The van der Waals surface area contributed by atoms with Gasteiger partial charge in [-0.1, -0.05) is 6.42 Å². The summed E-state index contributed by atoms with van der Waals surface area (Å²) in [5.41, 5.74) is 0. The number of hydrogen-bond donors (Lipinski definition) is 1. The van der Waals surface area contributed by atoms with Gasteiger partial charge in [-0.3, -0.25) is 9.80 Å². The highest BCUT2D eigenvalue weighted by Crippen LogP contribution is 2.29.